The van der Waals surface area contributed by atoms with E-state index in [1.54, 1.807) is 0 Å². The van der Waals surface area contributed by atoms with E-state index in [0.29, 0.717) is 47.2 Å². The summed E-state index contributed by atoms with van der Waals surface area (Å²) in [4.78, 5) is 17.8. The van der Waals surface area contributed by atoms with Crippen LogP contribution in [0.3, 0.4) is 0 Å². The van der Waals surface area contributed by atoms with E-state index < -0.39 is 0 Å². The number of nitrogens with one attached hydrogen (secondary N) is 1. The Morgan fingerprint density at radius 3 is 2.51 bits per heavy atom. The van der Waals surface area contributed by atoms with Crippen LogP contribution in [0, 0.1) is 57.7 Å². The number of piperazine rings is 1. The van der Waals surface area contributed by atoms with E-state index in [2.05, 4.69) is 49.9 Å². The first-order valence-corrected chi connectivity index (χ1v) is 17.6. The Morgan fingerprint density at radius 1 is 0.927 bits per heavy atom. The molecule has 0 aromatic rings. The SMILES string of the molecule is C[C@@H]1CO[C@]23O[C@H]4C[C@H]5[C@@H]6CC[C@@H]7C[C@H](NC(=O)CCN8CCN(C)CC8)CC[C@]7(C)[C@H]6CC[C@]5(C)[C@H]4[C@]2(C)C3C1. The minimum Gasteiger partial charge on any atom is -0.353 e. The van der Waals surface area contributed by atoms with Crippen LogP contribution in [0.15, 0.2) is 0 Å². The molecule has 6 heteroatoms. The molecule has 13 atom stereocenters. The fourth-order valence-corrected chi connectivity index (χ4v) is 13.2. The maximum Gasteiger partial charge on any atom is 0.221 e. The topological polar surface area (TPSA) is 54.0 Å². The van der Waals surface area contributed by atoms with E-state index in [9.17, 15) is 4.79 Å². The van der Waals surface area contributed by atoms with E-state index in [0.717, 1.165) is 63.0 Å². The number of carbonyl (C=O) groups excluding carboxylic acids is 1. The average molecular weight is 568 g/mol. The highest BCUT2D eigenvalue weighted by Gasteiger charge is 2.89. The van der Waals surface area contributed by atoms with Gasteiger partial charge in [-0.25, -0.2) is 0 Å². The summed E-state index contributed by atoms with van der Waals surface area (Å²) >= 11 is 0. The fourth-order valence-electron chi connectivity index (χ4n) is 13.2. The van der Waals surface area contributed by atoms with Crippen molar-refractivity contribution in [3.63, 3.8) is 0 Å². The van der Waals surface area contributed by atoms with Gasteiger partial charge in [0.2, 0.25) is 5.91 Å². The summed E-state index contributed by atoms with van der Waals surface area (Å²) in [6.45, 7) is 16.5. The van der Waals surface area contributed by atoms with Crippen molar-refractivity contribution in [3.8, 4) is 0 Å². The van der Waals surface area contributed by atoms with Gasteiger partial charge in [0.05, 0.1) is 12.7 Å². The van der Waals surface area contributed by atoms with Crippen molar-refractivity contribution >= 4 is 5.91 Å². The van der Waals surface area contributed by atoms with Gasteiger partial charge in [-0.1, -0.05) is 27.7 Å². The molecule has 1 N–H and O–H groups in total. The summed E-state index contributed by atoms with van der Waals surface area (Å²) in [6, 6.07) is 0.384. The highest BCUT2D eigenvalue weighted by Crippen LogP contribution is 2.84. The fraction of sp³-hybridized carbons (Fsp3) is 0.971. The number of rotatable bonds is 4. The molecule has 1 amide bonds. The summed E-state index contributed by atoms with van der Waals surface area (Å²) < 4.78 is 13.6. The van der Waals surface area contributed by atoms with E-state index in [1.165, 1.54) is 57.8 Å². The van der Waals surface area contributed by atoms with Gasteiger partial charge in [-0.05, 0) is 105 Å². The van der Waals surface area contributed by atoms with Gasteiger partial charge < -0.3 is 24.6 Å². The summed E-state index contributed by atoms with van der Waals surface area (Å²) in [5.41, 5.74) is 1.09. The largest absolute Gasteiger partial charge is 0.353 e. The molecule has 8 aliphatic rings. The highest BCUT2D eigenvalue weighted by molar-refractivity contribution is 5.76. The predicted molar refractivity (Wildman–Crippen MR) is 160 cm³/mol. The van der Waals surface area contributed by atoms with Gasteiger partial charge in [-0.15, -0.1) is 0 Å². The molecule has 8 fully saturated rings. The van der Waals surface area contributed by atoms with Crippen LogP contribution in [-0.4, -0.2) is 80.0 Å². The molecule has 3 saturated heterocycles. The number of hydrogen-bond donors (Lipinski definition) is 1. The Bertz CT molecular complexity index is 1060. The molecular formula is C35H57N3O3. The molecule has 3 heterocycles. The van der Waals surface area contributed by atoms with Crippen molar-refractivity contribution in [2.24, 2.45) is 57.7 Å². The Kier molecular flexibility index (Phi) is 6.39. The van der Waals surface area contributed by atoms with Gasteiger partial charge in [0.15, 0.2) is 5.79 Å². The highest BCUT2D eigenvalue weighted by atomic mass is 16.7. The van der Waals surface area contributed by atoms with E-state index in [1.807, 2.05) is 0 Å². The molecule has 230 valence electrons. The molecule has 8 rings (SSSR count). The van der Waals surface area contributed by atoms with E-state index >= 15 is 0 Å². The lowest BCUT2D eigenvalue weighted by Crippen LogP contribution is -2.56. The Morgan fingerprint density at radius 2 is 1.71 bits per heavy atom. The average Bonchev–Trinajstić information content (AvgIpc) is 3.16. The van der Waals surface area contributed by atoms with Gasteiger partial charge in [-0.2, -0.15) is 0 Å². The molecule has 0 aromatic carbocycles. The summed E-state index contributed by atoms with van der Waals surface area (Å²) in [5.74, 6) is 5.30. The number of carbonyl (C=O) groups is 1. The van der Waals surface area contributed by atoms with Crippen molar-refractivity contribution in [2.75, 3.05) is 46.4 Å². The van der Waals surface area contributed by atoms with Gasteiger partial charge in [0, 0.05) is 62.4 Å². The van der Waals surface area contributed by atoms with Crippen molar-refractivity contribution in [2.45, 2.75) is 110 Å². The smallest absolute Gasteiger partial charge is 0.221 e. The minimum atomic E-state index is -0.239. The van der Waals surface area contributed by atoms with Crippen molar-refractivity contribution in [1.29, 1.82) is 0 Å². The van der Waals surface area contributed by atoms with E-state index in [-0.39, 0.29) is 17.1 Å². The number of amides is 1. The number of hydrogen-bond acceptors (Lipinski definition) is 5. The standard InChI is InChI=1S/C35H57N3O3/c1-22-18-29-34(4)31-28(41-35(29,34)40-21-22)20-27-25-7-6-23-19-24(8-11-32(23,2)26(25)9-12-33(27,31)3)36-30(39)10-13-38-16-14-37(5)15-17-38/h22-29,31H,6-21H2,1-5H3,(H,36,39)/t22-,23+,24+,25+,26-,27-,28-,29?,31-,32-,33-,34-,35+/m0/s1. The van der Waals surface area contributed by atoms with Crippen LogP contribution in [-0.2, 0) is 14.3 Å². The lowest BCUT2D eigenvalue weighted by Gasteiger charge is -2.61. The summed E-state index contributed by atoms with van der Waals surface area (Å²) in [5, 5.41) is 3.50. The third-order valence-electron chi connectivity index (χ3n) is 15.3. The van der Waals surface area contributed by atoms with Crippen molar-refractivity contribution in [3.05, 3.63) is 0 Å². The molecule has 3 aliphatic heterocycles. The molecule has 41 heavy (non-hydrogen) atoms. The number of nitrogens with zero attached hydrogens (tertiary/aromatic N) is 2. The molecule has 1 spiro atoms. The molecule has 5 saturated carbocycles. The Hall–Kier alpha value is -0.690. The lowest BCUT2D eigenvalue weighted by atomic mass is 9.44. The number of likely N-dealkylation sites (N-methyl/N-ethyl adjacent to an activating group) is 1. The van der Waals surface area contributed by atoms with E-state index in [4.69, 9.17) is 9.47 Å². The summed E-state index contributed by atoms with van der Waals surface area (Å²) in [6.07, 6.45) is 12.8. The molecular weight excluding hydrogens is 510 g/mol. The third-order valence-corrected chi connectivity index (χ3v) is 15.3. The van der Waals surface area contributed by atoms with Crippen LogP contribution < -0.4 is 5.32 Å². The van der Waals surface area contributed by atoms with Crippen LogP contribution >= 0.6 is 0 Å². The molecule has 0 aromatic heterocycles. The molecule has 0 radical (unpaired) electrons. The number of ether oxygens (including phenoxy) is 2. The van der Waals surface area contributed by atoms with Crippen molar-refractivity contribution in [1.82, 2.24) is 15.1 Å². The quantitative estimate of drug-likeness (QED) is 0.508. The zero-order chi connectivity index (χ0) is 28.4. The first-order chi connectivity index (χ1) is 19.6. The van der Waals surface area contributed by atoms with Crippen LogP contribution in [0.5, 0.6) is 0 Å². The minimum absolute atomic E-state index is 0.237. The third kappa shape index (κ3) is 3.84. The summed E-state index contributed by atoms with van der Waals surface area (Å²) in [7, 11) is 2.19. The zero-order valence-corrected chi connectivity index (χ0v) is 26.6. The van der Waals surface area contributed by atoms with Gasteiger partial charge in [0.1, 0.15) is 0 Å². The number of fused-ring (bicyclic) bond motifs is 9. The Balaban J connectivity index is 0.909. The van der Waals surface area contributed by atoms with Gasteiger partial charge in [0.25, 0.3) is 0 Å². The van der Waals surface area contributed by atoms with Gasteiger partial charge >= 0.3 is 0 Å². The predicted octanol–water partition coefficient (Wildman–Crippen LogP) is 5.17. The normalized spacial score (nSPS) is 56.1. The second-order valence-electron chi connectivity index (χ2n) is 17.2. The molecule has 0 bridgehead atoms. The second kappa shape index (κ2) is 9.41. The zero-order valence-electron chi connectivity index (χ0n) is 26.6. The van der Waals surface area contributed by atoms with Crippen LogP contribution in [0.1, 0.15) is 91.9 Å². The molecule has 6 nitrogen and oxygen atoms in total. The first kappa shape index (κ1) is 27.8. The lowest BCUT2D eigenvalue weighted by molar-refractivity contribution is -0.212. The van der Waals surface area contributed by atoms with Crippen LogP contribution in [0.25, 0.3) is 0 Å². The Labute approximate surface area is 249 Å². The first-order valence-electron chi connectivity index (χ1n) is 17.6. The monoisotopic (exact) mass is 567 g/mol. The van der Waals surface area contributed by atoms with Crippen LogP contribution in [0.2, 0.25) is 0 Å². The van der Waals surface area contributed by atoms with Crippen molar-refractivity contribution < 1.29 is 14.3 Å². The van der Waals surface area contributed by atoms with Gasteiger partial charge in [-0.3, -0.25) is 4.79 Å². The molecule has 1 unspecified atom stereocenters. The molecule has 5 aliphatic carbocycles. The maximum absolute atomic E-state index is 12.9. The van der Waals surface area contributed by atoms with Crippen LogP contribution in [0.4, 0.5) is 0 Å². The maximum atomic E-state index is 12.9. The second-order valence-corrected chi connectivity index (χ2v) is 17.2.